The zero-order valence-electron chi connectivity index (χ0n) is 17.4. The molecule has 2 aliphatic heterocycles. The van der Waals surface area contributed by atoms with Crippen molar-refractivity contribution in [2.45, 2.75) is 38.3 Å². The van der Waals surface area contributed by atoms with Gasteiger partial charge in [-0.25, -0.2) is 0 Å². The molecule has 0 aromatic heterocycles. The van der Waals surface area contributed by atoms with Gasteiger partial charge in [0.1, 0.15) is 0 Å². The first-order valence-corrected chi connectivity index (χ1v) is 10.8. The fraction of sp³-hybridized carbons (Fsp3) is 0.375. The Kier molecular flexibility index (Phi) is 6.62. The molecule has 0 aliphatic carbocycles. The normalized spacial score (nSPS) is 18.3. The largest absolute Gasteiger partial charge is 0.376 e. The summed E-state index contributed by atoms with van der Waals surface area (Å²) >= 11 is 0. The lowest BCUT2D eigenvalue weighted by Crippen LogP contribution is -2.32. The van der Waals surface area contributed by atoms with Crippen molar-refractivity contribution >= 4 is 23.4 Å². The molecule has 2 heterocycles. The van der Waals surface area contributed by atoms with Gasteiger partial charge in [-0.3, -0.25) is 14.4 Å². The van der Waals surface area contributed by atoms with E-state index in [0.717, 1.165) is 38.0 Å². The molecule has 7 heteroatoms. The van der Waals surface area contributed by atoms with Crippen LogP contribution in [-0.4, -0.2) is 48.4 Å². The summed E-state index contributed by atoms with van der Waals surface area (Å²) in [6.45, 7) is 2.55. The molecule has 2 saturated heterocycles. The van der Waals surface area contributed by atoms with E-state index in [1.54, 1.807) is 36.4 Å². The molecule has 0 saturated carbocycles. The van der Waals surface area contributed by atoms with Crippen LogP contribution in [0.3, 0.4) is 0 Å². The van der Waals surface area contributed by atoms with Crippen molar-refractivity contribution in [3.8, 4) is 0 Å². The van der Waals surface area contributed by atoms with Crippen molar-refractivity contribution in [3.63, 3.8) is 0 Å². The number of carbonyl (C=O) groups excluding carboxylic acids is 3. The number of hydrogen-bond donors (Lipinski definition) is 2. The molecule has 3 amide bonds. The minimum absolute atomic E-state index is 0.0556. The third kappa shape index (κ3) is 5.30. The van der Waals surface area contributed by atoms with Crippen LogP contribution >= 0.6 is 0 Å². The number of nitrogens with zero attached hydrogens (tertiary/aromatic N) is 1. The predicted molar refractivity (Wildman–Crippen MR) is 117 cm³/mol. The van der Waals surface area contributed by atoms with Gasteiger partial charge in [-0.15, -0.1) is 0 Å². The molecular formula is C24H27N3O4. The smallest absolute Gasteiger partial charge is 0.255 e. The number of hydrogen-bond acceptors (Lipinski definition) is 4. The molecule has 2 aromatic rings. The second-order valence-electron chi connectivity index (χ2n) is 7.96. The summed E-state index contributed by atoms with van der Waals surface area (Å²) in [5.74, 6) is -0.351. The molecule has 2 fully saturated rings. The Bertz CT molecular complexity index is 952. The molecule has 0 unspecified atom stereocenters. The molecule has 1 atom stereocenters. The van der Waals surface area contributed by atoms with E-state index in [-0.39, 0.29) is 23.8 Å². The summed E-state index contributed by atoms with van der Waals surface area (Å²) in [4.78, 5) is 39.0. The van der Waals surface area contributed by atoms with Gasteiger partial charge in [-0.1, -0.05) is 24.3 Å². The Morgan fingerprint density at radius 2 is 1.84 bits per heavy atom. The second-order valence-corrected chi connectivity index (χ2v) is 7.96. The van der Waals surface area contributed by atoms with Gasteiger partial charge in [0.25, 0.3) is 11.8 Å². The minimum atomic E-state index is -0.289. The van der Waals surface area contributed by atoms with E-state index in [4.69, 9.17) is 4.74 Å². The van der Waals surface area contributed by atoms with Gasteiger partial charge in [-0.05, 0) is 49.1 Å². The number of rotatable bonds is 7. The molecule has 2 aliphatic rings. The Hall–Kier alpha value is -3.19. The van der Waals surface area contributed by atoms with E-state index in [0.29, 0.717) is 36.3 Å². The number of benzene rings is 2. The van der Waals surface area contributed by atoms with Gasteiger partial charge in [-0.2, -0.15) is 0 Å². The summed E-state index contributed by atoms with van der Waals surface area (Å²) < 4.78 is 5.54. The van der Waals surface area contributed by atoms with Gasteiger partial charge >= 0.3 is 0 Å². The van der Waals surface area contributed by atoms with Crippen molar-refractivity contribution < 1.29 is 19.1 Å². The molecule has 162 valence electrons. The zero-order valence-corrected chi connectivity index (χ0v) is 17.4. The number of anilines is 1. The van der Waals surface area contributed by atoms with Crippen LogP contribution in [0.1, 0.15) is 52.0 Å². The molecule has 7 nitrogen and oxygen atoms in total. The lowest BCUT2D eigenvalue weighted by Gasteiger charge is -2.16. The molecule has 31 heavy (non-hydrogen) atoms. The molecular weight excluding hydrogens is 394 g/mol. The lowest BCUT2D eigenvalue weighted by molar-refractivity contribution is -0.128. The first kappa shape index (κ1) is 21.1. The highest BCUT2D eigenvalue weighted by atomic mass is 16.5. The molecule has 0 bridgehead atoms. The van der Waals surface area contributed by atoms with Crippen molar-refractivity contribution in [2.24, 2.45) is 0 Å². The van der Waals surface area contributed by atoms with Crippen LogP contribution in [0.5, 0.6) is 0 Å². The SMILES string of the molecule is O=C(Nc1ccccc1C(=O)NC[C@@H]1CCCO1)c1ccc(CN2CCCC2=O)cc1. The van der Waals surface area contributed by atoms with Crippen LogP contribution in [0.2, 0.25) is 0 Å². The number of nitrogens with one attached hydrogen (secondary N) is 2. The Labute approximate surface area is 181 Å². The summed E-state index contributed by atoms with van der Waals surface area (Å²) in [5.41, 5.74) is 2.36. The fourth-order valence-electron chi connectivity index (χ4n) is 3.94. The summed E-state index contributed by atoms with van der Waals surface area (Å²) in [5, 5.41) is 5.73. The van der Waals surface area contributed by atoms with E-state index in [2.05, 4.69) is 10.6 Å². The zero-order chi connectivity index (χ0) is 21.6. The van der Waals surface area contributed by atoms with Crippen LogP contribution in [0.15, 0.2) is 48.5 Å². The average Bonchev–Trinajstić information content (AvgIpc) is 3.45. The van der Waals surface area contributed by atoms with E-state index in [1.807, 2.05) is 17.0 Å². The lowest BCUT2D eigenvalue weighted by atomic mass is 10.1. The van der Waals surface area contributed by atoms with Gasteiger partial charge < -0.3 is 20.3 Å². The summed E-state index contributed by atoms with van der Waals surface area (Å²) in [6, 6.07) is 14.2. The fourth-order valence-corrected chi connectivity index (χ4v) is 3.94. The number of likely N-dealkylation sites (tertiary alicyclic amines) is 1. The van der Waals surface area contributed by atoms with Crippen LogP contribution < -0.4 is 10.6 Å². The number of amides is 3. The van der Waals surface area contributed by atoms with Crippen molar-refractivity contribution in [3.05, 3.63) is 65.2 Å². The Balaban J connectivity index is 1.37. The van der Waals surface area contributed by atoms with Crippen LogP contribution in [0.4, 0.5) is 5.69 Å². The van der Waals surface area contributed by atoms with Gasteiger partial charge in [0.05, 0.1) is 17.4 Å². The van der Waals surface area contributed by atoms with Crippen molar-refractivity contribution in [1.29, 1.82) is 0 Å². The summed E-state index contributed by atoms with van der Waals surface area (Å²) in [7, 11) is 0. The first-order chi connectivity index (χ1) is 15.1. The highest BCUT2D eigenvalue weighted by Crippen LogP contribution is 2.18. The number of carbonyl (C=O) groups is 3. The van der Waals surface area contributed by atoms with Gasteiger partial charge in [0.15, 0.2) is 0 Å². The Morgan fingerprint density at radius 1 is 1.03 bits per heavy atom. The Morgan fingerprint density at radius 3 is 2.55 bits per heavy atom. The maximum absolute atomic E-state index is 12.7. The van der Waals surface area contributed by atoms with Gasteiger partial charge in [0.2, 0.25) is 5.91 Å². The molecule has 2 N–H and O–H groups in total. The number of para-hydroxylation sites is 1. The monoisotopic (exact) mass is 421 g/mol. The maximum atomic E-state index is 12.7. The minimum Gasteiger partial charge on any atom is -0.376 e. The van der Waals surface area contributed by atoms with Crippen LogP contribution in [0, 0.1) is 0 Å². The topological polar surface area (TPSA) is 87.7 Å². The third-order valence-corrected chi connectivity index (χ3v) is 5.70. The van der Waals surface area contributed by atoms with Crippen molar-refractivity contribution in [2.75, 3.05) is 25.0 Å². The van der Waals surface area contributed by atoms with Gasteiger partial charge in [0, 0.05) is 38.2 Å². The van der Waals surface area contributed by atoms with E-state index >= 15 is 0 Å². The molecule has 4 rings (SSSR count). The summed E-state index contributed by atoms with van der Waals surface area (Å²) in [6.07, 6.45) is 3.53. The second kappa shape index (κ2) is 9.75. The van der Waals surface area contributed by atoms with Crippen LogP contribution in [0.25, 0.3) is 0 Å². The average molecular weight is 421 g/mol. The van der Waals surface area contributed by atoms with Crippen molar-refractivity contribution in [1.82, 2.24) is 10.2 Å². The highest BCUT2D eigenvalue weighted by molar-refractivity contribution is 6.09. The van der Waals surface area contributed by atoms with E-state index in [9.17, 15) is 14.4 Å². The predicted octanol–water partition coefficient (Wildman–Crippen LogP) is 2.97. The molecule has 2 aromatic carbocycles. The number of ether oxygens (including phenoxy) is 1. The van der Waals surface area contributed by atoms with E-state index < -0.39 is 0 Å². The highest BCUT2D eigenvalue weighted by Gasteiger charge is 2.21. The third-order valence-electron chi connectivity index (χ3n) is 5.70. The first-order valence-electron chi connectivity index (χ1n) is 10.8. The van der Waals surface area contributed by atoms with E-state index in [1.165, 1.54) is 0 Å². The van der Waals surface area contributed by atoms with Crippen LogP contribution in [-0.2, 0) is 16.1 Å². The molecule has 0 radical (unpaired) electrons. The quantitative estimate of drug-likeness (QED) is 0.720. The maximum Gasteiger partial charge on any atom is 0.255 e. The standard InChI is InChI=1S/C24H27N3O4/c28-22-8-3-13-27(22)16-17-9-11-18(12-10-17)23(29)26-21-7-2-1-6-20(21)24(30)25-15-19-5-4-14-31-19/h1-2,6-7,9-12,19H,3-5,8,13-16H2,(H,25,30)(H,26,29)/t19-/m0/s1. The molecule has 0 spiro atoms.